The number of aromatic nitrogens is 1. The highest BCUT2D eigenvalue weighted by Gasteiger charge is 2.43. The van der Waals surface area contributed by atoms with Crippen LogP contribution in [-0.4, -0.2) is 21.6 Å². The normalized spacial score (nSPS) is 12.1. The second kappa shape index (κ2) is 6.46. The number of carbonyl (C=O) groups is 1. The Kier molecular flexibility index (Phi) is 3.95. The van der Waals surface area contributed by atoms with Crippen LogP contribution in [0.4, 0.5) is 13.2 Å². The molecule has 2 heterocycles. The Labute approximate surface area is 171 Å². The van der Waals surface area contributed by atoms with Gasteiger partial charge in [-0.1, -0.05) is 36.4 Å². The zero-order valence-corrected chi connectivity index (χ0v) is 15.6. The minimum Gasteiger partial charge on any atom is -0.506 e. The van der Waals surface area contributed by atoms with Gasteiger partial charge in [-0.15, -0.1) is 0 Å². The van der Waals surface area contributed by atoms with Crippen LogP contribution in [0.3, 0.4) is 0 Å². The highest BCUT2D eigenvalue weighted by molar-refractivity contribution is 6.09. The molecule has 5 rings (SSSR count). The summed E-state index contributed by atoms with van der Waals surface area (Å²) in [5.74, 6) is -3.51. The first kappa shape index (κ1) is 18.9. The molecule has 0 atom stereocenters. The van der Waals surface area contributed by atoms with E-state index in [-0.39, 0.29) is 11.0 Å². The number of halogens is 3. The molecule has 8 heteroatoms. The second-order valence-corrected chi connectivity index (χ2v) is 6.99. The number of benzene rings is 3. The van der Waals surface area contributed by atoms with E-state index in [0.717, 1.165) is 21.8 Å². The van der Waals surface area contributed by atoms with Gasteiger partial charge in [0.1, 0.15) is 11.3 Å². The minimum atomic E-state index is -5.32. The molecule has 0 spiro atoms. The van der Waals surface area contributed by atoms with Gasteiger partial charge in [0.15, 0.2) is 5.56 Å². The first-order valence-electron chi connectivity index (χ1n) is 9.17. The smallest absolute Gasteiger partial charge is 0.455 e. The molecule has 31 heavy (non-hydrogen) atoms. The zero-order chi connectivity index (χ0) is 21.9. The molecule has 5 nitrogen and oxygen atoms in total. The van der Waals surface area contributed by atoms with Gasteiger partial charge in [0.2, 0.25) is 0 Å². The molecule has 3 aromatic carbocycles. The molecular weight excluding hydrogens is 411 g/mol. The van der Waals surface area contributed by atoms with E-state index in [0.29, 0.717) is 5.69 Å². The fraction of sp³-hybridized carbons (Fsp3) is 0.0435. The maximum Gasteiger partial charge on any atom is 0.455 e. The third kappa shape index (κ3) is 2.79. The monoisotopic (exact) mass is 423 g/mol. The van der Waals surface area contributed by atoms with Gasteiger partial charge in [-0.2, -0.15) is 13.2 Å². The van der Waals surface area contributed by atoms with Crippen molar-refractivity contribution in [2.24, 2.45) is 0 Å². The molecule has 0 amide bonds. The summed E-state index contributed by atoms with van der Waals surface area (Å²) in [7, 11) is 0. The molecule has 1 N–H and O–H groups in total. The van der Waals surface area contributed by atoms with Gasteiger partial charge in [-0.3, -0.25) is 4.79 Å². The number of hydrogen-bond donors (Lipinski definition) is 1. The van der Waals surface area contributed by atoms with Crippen molar-refractivity contribution >= 4 is 38.6 Å². The summed E-state index contributed by atoms with van der Waals surface area (Å²) in [6.45, 7) is 0. The summed E-state index contributed by atoms with van der Waals surface area (Å²) < 4.78 is 45.3. The highest BCUT2D eigenvalue weighted by atomic mass is 19.4. The summed E-state index contributed by atoms with van der Waals surface area (Å²) in [5, 5.41) is 12.1. The molecular formula is C23H12F3NO4. The Bertz CT molecular complexity index is 1520. The van der Waals surface area contributed by atoms with E-state index >= 15 is 0 Å². The quantitative estimate of drug-likeness (QED) is 0.307. The molecule has 0 aliphatic heterocycles. The number of aromatic hydroxyl groups is 1. The van der Waals surface area contributed by atoms with Gasteiger partial charge in [-0.05, 0) is 24.3 Å². The third-order valence-electron chi connectivity index (χ3n) is 5.19. The van der Waals surface area contributed by atoms with Crippen LogP contribution in [0.15, 0.2) is 75.9 Å². The molecule has 0 saturated heterocycles. The second-order valence-electron chi connectivity index (χ2n) is 6.99. The van der Waals surface area contributed by atoms with Crippen molar-refractivity contribution in [1.82, 2.24) is 4.57 Å². The Morgan fingerprint density at radius 1 is 0.871 bits per heavy atom. The lowest BCUT2D eigenvalue weighted by atomic mass is 10.1. The SMILES string of the molecule is O=C(c1c(O)c2ccc(-n3c4ccccc4c4ccccc43)cc2oc1=O)C(F)(F)F. The van der Waals surface area contributed by atoms with Gasteiger partial charge < -0.3 is 14.1 Å². The van der Waals surface area contributed by atoms with Crippen LogP contribution < -0.4 is 5.63 Å². The van der Waals surface area contributed by atoms with Crippen LogP contribution in [0.25, 0.3) is 38.5 Å². The van der Waals surface area contributed by atoms with Crippen LogP contribution in [0.5, 0.6) is 5.75 Å². The number of carbonyl (C=O) groups excluding carboxylic acids is 1. The van der Waals surface area contributed by atoms with Gasteiger partial charge in [-0.25, -0.2) is 4.79 Å². The first-order chi connectivity index (χ1) is 14.8. The summed E-state index contributed by atoms with van der Waals surface area (Å²) >= 11 is 0. The van der Waals surface area contributed by atoms with Crippen LogP contribution in [0.1, 0.15) is 10.4 Å². The van der Waals surface area contributed by atoms with Crippen molar-refractivity contribution in [1.29, 1.82) is 0 Å². The lowest BCUT2D eigenvalue weighted by molar-refractivity contribution is -0.0888. The van der Waals surface area contributed by atoms with E-state index in [1.165, 1.54) is 12.1 Å². The van der Waals surface area contributed by atoms with E-state index < -0.39 is 28.9 Å². The van der Waals surface area contributed by atoms with Crippen molar-refractivity contribution in [3.8, 4) is 11.4 Å². The van der Waals surface area contributed by atoms with E-state index in [2.05, 4.69) is 0 Å². The molecule has 0 unspecified atom stereocenters. The van der Waals surface area contributed by atoms with Crippen molar-refractivity contribution in [3.63, 3.8) is 0 Å². The Morgan fingerprint density at radius 3 is 2.03 bits per heavy atom. The van der Waals surface area contributed by atoms with Crippen molar-refractivity contribution < 1.29 is 27.5 Å². The minimum absolute atomic E-state index is 0.138. The molecule has 5 aromatic rings. The summed E-state index contributed by atoms with van der Waals surface area (Å²) in [4.78, 5) is 23.7. The predicted molar refractivity (Wildman–Crippen MR) is 109 cm³/mol. The number of rotatable bonds is 2. The van der Waals surface area contributed by atoms with Gasteiger partial charge in [0.05, 0.1) is 16.4 Å². The summed E-state index contributed by atoms with van der Waals surface area (Å²) in [5.41, 5.74) is -0.795. The molecule has 154 valence electrons. The lowest BCUT2D eigenvalue weighted by Gasteiger charge is -2.11. The number of fused-ring (bicyclic) bond motifs is 4. The number of hydrogen-bond acceptors (Lipinski definition) is 4. The first-order valence-corrected chi connectivity index (χ1v) is 9.17. The standard InChI is InChI=1S/C23H12F3NO4/c24-23(25,26)21(29)19-20(28)15-10-9-12(11-18(15)31-22(19)30)27-16-7-3-1-5-13(16)14-6-2-4-8-17(14)27/h1-11,28H. The molecule has 0 bridgehead atoms. The molecule has 0 aliphatic rings. The Morgan fingerprint density at radius 2 is 1.45 bits per heavy atom. The van der Waals surface area contributed by atoms with E-state index in [4.69, 9.17) is 4.42 Å². The predicted octanol–water partition coefficient (Wildman–Crippen LogP) is 5.34. The fourth-order valence-corrected chi connectivity index (χ4v) is 3.86. The molecule has 0 saturated carbocycles. The maximum absolute atomic E-state index is 12.8. The van der Waals surface area contributed by atoms with Crippen LogP contribution in [0, 0.1) is 0 Å². The Balaban J connectivity index is 1.79. The fourth-order valence-electron chi connectivity index (χ4n) is 3.86. The van der Waals surface area contributed by atoms with Crippen LogP contribution in [-0.2, 0) is 0 Å². The van der Waals surface area contributed by atoms with Gasteiger partial charge in [0.25, 0.3) is 5.78 Å². The number of ketones is 1. The number of nitrogens with zero attached hydrogens (tertiary/aromatic N) is 1. The highest BCUT2D eigenvalue weighted by Crippen LogP contribution is 2.35. The third-order valence-corrected chi connectivity index (χ3v) is 5.19. The lowest BCUT2D eigenvalue weighted by Crippen LogP contribution is -2.28. The van der Waals surface area contributed by atoms with E-state index in [9.17, 15) is 27.9 Å². The van der Waals surface area contributed by atoms with Crippen molar-refractivity contribution in [2.45, 2.75) is 6.18 Å². The molecule has 0 aliphatic carbocycles. The van der Waals surface area contributed by atoms with Crippen LogP contribution in [0.2, 0.25) is 0 Å². The number of Topliss-reactive ketones (excluding diaryl/α,β-unsaturated/α-hetero) is 1. The van der Waals surface area contributed by atoms with E-state index in [1.54, 1.807) is 6.07 Å². The number of alkyl halides is 3. The van der Waals surface area contributed by atoms with E-state index in [1.807, 2.05) is 53.1 Å². The maximum atomic E-state index is 12.8. The zero-order valence-electron chi connectivity index (χ0n) is 15.6. The molecule has 0 radical (unpaired) electrons. The summed E-state index contributed by atoms with van der Waals surface area (Å²) in [6.07, 6.45) is -5.32. The van der Waals surface area contributed by atoms with Crippen LogP contribution >= 0.6 is 0 Å². The average Bonchev–Trinajstić information content (AvgIpc) is 3.07. The van der Waals surface area contributed by atoms with Crippen molar-refractivity contribution in [2.75, 3.05) is 0 Å². The topological polar surface area (TPSA) is 72.4 Å². The number of para-hydroxylation sites is 2. The molecule has 2 aromatic heterocycles. The molecule has 0 fully saturated rings. The van der Waals surface area contributed by atoms with Gasteiger partial charge in [0, 0.05) is 22.5 Å². The Hall–Kier alpha value is -4.07. The average molecular weight is 423 g/mol. The largest absolute Gasteiger partial charge is 0.506 e. The van der Waals surface area contributed by atoms with Crippen molar-refractivity contribution in [3.05, 3.63) is 82.7 Å². The summed E-state index contributed by atoms with van der Waals surface area (Å²) in [6, 6.07) is 19.7. The van der Waals surface area contributed by atoms with Gasteiger partial charge >= 0.3 is 11.8 Å².